The smallest absolute Gasteiger partial charge is 0.0740 e. The van der Waals surface area contributed by atoms with Crippen molar-refractivity contribution in [1.82, 2.24) is 4.90 Å². The van der Waals surface area contributed by atoms with Gasteiger partial charge in [-0.2, -0.15) is 0 Å². The highest BCUT2D eigenvalue weighted by atomic mass is 35.5. The van der Waals surface area contributed by atoms with Gasteiger partial charge >= 0.3 is 0 Å². The van der Waals surface area contributed by atoms with E-state index in [2.05, 4.69) is 11.0 Å². The zero-order valence-electron chi connectivity index (χ0n) is 8.37. The van der Waals surface area contributed by atoms with Crippen molar-refractivity contribution in [2.75, 3.05) is 6.54 Å². The fourth-order valence-electron chi connectivity index (χ4n) is 1.86. The third-order valence-corrected chi connectivity index (χ3v) is 3.07. The van der Waals surface area contributed by atoms with E-state index in [4.69, 9.17) is 29.6 Å². The number of thiocarbonyl (C=S) groups is 1. The van der Waals surface area contributed by atoms with Crippen LogP contribution in [0.15, 0.2) is 18.2 Å². The molecule has 1 aromatic rings. The number of fused-ring (bicyclic) bond motifs is 1. The van der Waals surface area contributed by atoms with Gasteiger partial charge in [-0.05, 0) is 23.3 Å². The van der Waals surface area contributed by atoms with E-state index in [-0.39, 0.29) is 0 Å². The Morgan fingerprint density at radius 1 is 1.40 bits per heavy atom. The van der Waals surface area contributed by atoms with Gasteiger partial charge in [-0.15, -0.1) is 0 Å². The van der Waals surface area contributed by atoms with E-state index in [1.54, 1.807) is 0 Å². The summed E-state index contributed by atoms with van der Waals surface area (Å²) in [6.07, 6.45) is 0.789. The Balaban J connectivity index is 2.00. The van der Waals surface area contributed by atoms with Crippen LogP contribution in [0.2, 0.25) is 5.02 Å². The third-order valence-electron chi connectivity index (χ3n) is 2.63. The molecule has 0 atom stereocenters. The summed E-state index contributed by atoms with van der Waals surface area (Å²) >= 11 is 10.8. The van der Waals surface area contributed by atoms with Crippen molar-refractivity contribution in [2.45, 2.75) is 19.5 Å². The Labute approximate surface area is 100 Å². The van der Waals surface area contributed by atoms with Crippen LogP contribution in [0.5, 0.6) is 0 Å². The molecule has 0 saturated heterocycles. The summed E-state index contributed by atoms with van der Waals surface area (Å²) in [5.74, 6) is 0. The van der Waals surface area contributed by atoms with Gasteiger partial charge in [0.05, 0.1) is 4.99 Å². The molecule has 1 heterocycles. The van der Waals surface area contributed by atoms with Gasteiger partial charge in [-0.1, -0.05) is 29.9 Å². The molecule has 0 saturated carbocycles. The van der Waals surface area contributed by atoms with Crippen LogP contribution in [0.25, 0.3) is 0 Å². The highest BCUT2D eigenvalue weighted by Crippen LogP contribution is 2.25. The van der Waals surface area contributed by atoms with Crippen molar-refractivity contribution in [1.29, 1.82) is 0 Å². The maximum atomic E-state index is 5.94. The van der Waals surface area contributed by atoms with E-state index in [0.717, 1.165) is 31.1 Å². The first kappa shape index (κ1) is 10.9. The maximum absolute atomic E-state index is 5.94. The van der Waals surface area contributed by atoms with Crippen LogP contribution in [-0.2, 0) is 13.1 Å². The van der Waals surface area contributed by atoms with Crippen molar-refractivity contribution in [3.8, 4) is 0 Å². The van der Waals surface area contributed by atoms with Crippen LogP contribution in [0.4, 0.5) is 0 Å². The Morgan fingerprint density at radius 2 is 2.13 bits per heavy atom. The highest BCUT2D eigenvalue weighted by molar-refractivity contribution is 7.80. The minimum absolute atomic E-state index is 0.587. The summed E-state index contributed by atoms with van der Waals surface area (Å²) in [6, 6.07) is 6.08. The van der Waals surface area contributed by atoms with Gasteiger partial charge in [0.1, 0.15) is 0 Å². The molecule has 0 fully saturated rings. The molecule has 1 aliphatic rings. The van der Waals surface area contributed by atoms with Crippen LogP contribution in [-0.4, -0.2) is 16.4 Å². The normalized spacial score (nSPS) is 15.3. The molecule has 1 aliphatic heterocycles. The number of hydrogen-bond acceptors (Lipinski definition) is 2. The number of nitrogens with two attached hydrogens (primary N) is 1. The predicted octanol–water partition coefficient (Wildman–Crippen LogP) is 2.33. The van der Waals surface area contributed by atoms with Crippen molar-refractivity contribution < 1.29 is 0 Å². The number of nitrogens with zero attached hydrogens (tertiary/aromatic N) is 1. The molecule has 2 nitrogen and oxygen atoms in total. The molecule has 2 N–H and O–H groups in total. The number of halogens is 1. The lowest BCUT2D eigenvalue weighted by molar-refractivity contribution is 0.293. The van der Waals surface area contributed by atoms with E-state index in [9.17, 15) is 0 Å². The Hall–Kier alpha value is -0.640. The van der Waals surface area contributed by atoms with Gasteiger partial charge < -0.3 is 5.73 Å². The van der Waals surface area contributed by atoms with Crippen LogP contribution < -0.4 is 5.73 Å². The standard InChI is InChI=1S/C11H13ClN2S/c12-10-2-1-8-6-14(4-3-11(13)15)7-9(8)5-10/h1-2,5H,3-4,6-7H2,(H2,13,15). The lowest BCUT2D eigenvalue weighted by Gasteiger charge is -2.13. The minimum atomic E-state index is 0.587. The average Bonchev–Trinajstić information content (AvgIpc) is 2.56. The molecule has 80 valence electrons. The fourth-order valence-corrected chi connectivity index (χ4v) is 2.15. The fraction of sp³-hybridized carbons (Fsp3) is 0.364. The second-order valence-corrected chi connectivity index (χ2v) is 4.80. The van der Waals surface area contributed by atoms with Gasteiger partial charge in [0.25, 0.3) is 0 Å². The summed E-state index contributed by atoms with van der Waals surface area (Å²) in [5.41, 5.74) is 8.17. The Morgan fingerprint density at radius 3 is 2.87 bits per heavy atom. The average molecular weight is 241 g/mol. The van der Waals surface area contributed by atoms with Crippen LogP contribution in [0.1, 0.15) is 17.5 Å². The second kappa shape index (κ2) is 4.47. The molecule has 0 aromatic heterocycles. The monoisotopic (exact) mass is 240 g/mol. The first-order chi connectivity index (χ1) is 7.15. The van der Waals surface area contributed by atoms with Crippen LogP contribution in [0.3, 0.4) is 0 Å². The van der Waals surface area contributed by atoms with Crippen LogP contribution in [0, 0.1) is 0 Å². The van der Waals surface area contributed by atoms with Crippen molar-refractivity contribution in [2.24, 2.45) is 5.73 Å². The van der Waals surface area contributed by atoms with E-state index in [1.165, 1.54) is 11.1 Å². The molecule has 1 aromatic carbocycles. The topological polar surface area (TPSA) is 29.3 Å². The molecule has 0 amide bonds. The molecule has 0 radical (unpaired) electrons. The highest BCUT2D eigenvalue weighted by Gasteiger charge is 2.18. The Kier molecular flexibility index (Phi) is 3.24. The SMILES string of the molecule is NC(=S)CCN1Cc2ccc(Cl)cc2C1. The third kappa shape index (κ3) is 2.68. The molecule has 0 bridgehead atoms. The molecule has 4 heteroatoms. The summed E-state index contributed by atoms with van der Waals surface area (Å²) in [5, 5.41) is 0.810. The van der Waals surface area contributed by atoms with E-state index in [0.29, 0.717) is 4.99 Å². The lowest BCUT2D eigenvalue weighted by Crippen LogP contribution is -2.22. The van der Waals surface area contributed by atoms with E-state index >= 15 is 0 Å². The lowest BCUT2D eigenvalue weighted by atomic mass is 10.1. The van der Waals surface area contributed by atoms with Crippen LogP contribution >= 0.6 is 23.8 Å². The predicted molar refractivity (Wildman–Crippen MR) is 67.0 cm³/mol. The first-order valence-electron chi connectivity index (χ1n) is 4.93. The number of hydrogen-bond donors (Lipinski definition) is 1. The van der Waals surface area contributed by atoms with Gasteiger partial charge in [0.2, 0.25) is 0 Å². The number of rotatable bonds is 3. The van der Waals surface area contributed by atoms with Gasteiger partial charge in [-0.3, -0.25) is 4.90 Å². The van der Waals surface area contributed by atoms with Crippen molar-refractivity contribution in [3.63, 3.8) is 0 Å². The largest absolute Gasteiger partial charge is 0.393 e. The minimum Gasteiger partial charge on any atom is -0.393 e. The zero-order chi connectivity index (χ0) is 10.8. The molecule has 0 spiro atoms. The first-order valence-corrected chi connectivity index (χ1v) is 5.72. The number of benzene rings is 1. The van der Waals surface area contributed by atoms with Gasteiger partial charge in [0, 0.05) is 31.1 Å². The molecule has 15 heavy (non-hydrogen) atoms. The van der Waals surface area contributed by atoms with E-state index < -0.39 is 0 Å². The van der Waals surface area contributed by atoms with E-state index in [1.807, 2.05) is 12.1 Å². The molecule has 0 aliphatic carbocycles. The van der Waals surface area contributed by atoms with Gasteiger partial charge in [-0.25, -0.2) is 0 Å². The quantitative estimate of drug-likeness (QED) is 0.823. The molecule has 2 rings (SSSR count). The second-order valence-electron chi connectivity index (χ2n) is 3.84. The zero-order valence-corrected chi connectivity index (χ0v) is 9.94. The van der Waals surface area contributed by atoms with Crippen molar-refractivity contribution >= 4 is 28.8 Å². The molecular weight excluding hydrogens is 228 g/mol. The summed E-state index contributed by atoms with van der Waals surface area (Å²) in [4.78, 5) is 2.92. The van der Waals surface area contributed by atoms with Gasteiger partial charge in [0.15, 0.2) is 0 Å². The summed E-state index contributed by atoms with van der Waals surface area (Å²) < 4.78 is 0. The maximum Gasteiger partial charge on any atom is 0.0740 e. The summed E-state index contributed by atoms with van der Waals surface area (Å²) in [7, 11) is 0. The molecular formula is C11H13ClN2S. The molecule has 0 unspecified atom stereocenters. The van der Waals surface area contributed by atoms with Crippen molar-refractivity contribution in [3.05, 3.63) is 34.3 Å². The summed E-state index contributed by atoms with van der Waals surface area (Å²) in [6.45, 7) is 2.87. The Bertz CT molecular complexity index is 392.